The Morgan fingerprint density at radius 3 is 2.92 bits per heavy atom. The van der Waals surface area contributed by atoms with Gasteiger partial charge in [0.2, 0.25) is 5.95 Å². The summed E-state index contributed by atoms with van der Waals surface area (Å²) in [5.74, 6) is 0.778. The molecule has 5 heteroatoms. The van der Waals surface area contributed by atoms with Crippen LogP contribution in [0, 0.1) is 0 Å². The van der Waals surface area contributed by atoms with Crippen molar-refractivity contribution >= 4 is 11.8 Å². The van der Waals surface area contributed by atoms with Gasteiger partial charge in [-0.3, -0.25) is 9.78 Å². The number of nitrogens with zero attached hydrogens (tertiary/aromatic N) is 1. The van der Waals surface area contributed by atoms with E-state index in [1.54, 1.807) is 0 Å². The smallest absolute Gasteiger partial charge is 0.258 e. The minimum absolute atomic E-state index is 0.141. The molecule has 0 spiro atoms. The molecule has 1 aromatic heterocycles. The summed E-state index contributed by atoms with van der Waals surface area (Å²) in [5.41, 5.74) is 5.81. The van der Waals surface area contributed by atoms with Crippen molar-refractivity contribution in [3.05, 3.63) is 15.9 Å². The molecule has 2 heterocycles. The second-order valence-corrected chi connectivity index (χ2v) is 3.91. The van der Waals surface area contributed by atoms with E-state index >= 15 is 0 Å². The molecule has 0 fully saturated rings. The fourth-order valence-electron chi connectivity index (χ4n) is 1.64. The molecule has 1 aliphatic heterocycles. The van der Waals surface area contributed by atoms with E-state index < -0.39 is 0 Å². The number of nitrogen functional groups attached to an aromatic ring is 1. The van der Waals surface area contributed by atoms with Gasteiger partial charge in [-0.1, -0.05) is 13.8 Å². The van der Waals surface area contributed by atoms with E-state index in [-0.39, 0.29) is 16.9 Å². The lowest BCUT2D eigenvalue weighted by molar-refractivity contribution is 0.579. The molecule has 5 nitrogen and oxygen atoms in total. The van der Waals surface area contributed by atoms with Crippen LogP contribution >= 0.6 is 0 Å². The zero-order valence-corrected chi connectivity index (χ0v) is 7.64. The number of hydrogen-bond donors (Lipinski definition) is 3. The molecule has 0 saturated heterocycles. The van der Waals surface area contributed by atoms with E-state index in [4.69, 9.17) is 5.73 Å². The number of nitrogens with one attached hydrogen (secondary N) is 2. The molecule has 0 atom stereocenters. The molecule has 1 aromatic rings. The minimum atomic E-state index is -0.163. The van der Waals surface area contributed by atoms with Crippen LogP contribution in [0.4, 0.5) is 11.8 Å². The van der Waals surface area contributed by atoms with Crippen molar-refractivity contribution in [1.29, 1.82) is 0 Å². The van der Waals surface area contributed by atoms with Crippen LogP contribution in [0.3, 0.4) is 0 Å². The van der Waals surface area contributed by atoms with Crippen LogP contribution < -0.4 is 16.6 Å². The summed E-state index contributed by atoms with van der Waals surface area (Å²) in [6.45, 7) is 4.72. The average molecular weight is 180 g/mol. The van der Waals surface area contributed by atoms with Crippen molar-refractivity contribution in [3.63, 3.8) is 0 Å². The second kappa shape index (κ2) is 2.25. The zero-order chi connectivity index (χ0) is 9.64. The van der Waals surface area contributed by atoms with Crippen molar-refractivity contribution < 1.29 is 0 Å². The first kappa shape index (κ1) is 8.10. The zero-order valence-electron chi connectivity index (χ0n) is 7.64. The van der Waals surface area contributed by atoms with Crippen LogP contribution in [-0.4, -0.2) is 16.5 Å². The Hall–Kier alpha value is -1.52. The first-order chi connectivity index (χ1) is 6.00. The van der Waals surface area contributed by atoms with Crippen LogP contribution in [0.5, 0.6) is 0 Å². The maximum Gasteiger partial charge on any atom is 0.258 e. The van der Waals surface area contributed by atoms with E-state index in [0.29, 0.717) is 11.4 Å². The Bertz CT molecular complexity index is 407. The Kier molecular flexibility index (Phi) is 1.40. The van der Waals surface area contributed by atoms with Gasteiger partial charge in [0.1, 0.15) is 5.82 Å². The van der Waals surface area contributed by atoms with Crippen molar-refractivity contribution in [2.75, 3.05) is 17.6 Å². The van der Waals surface area contributed by atoms with Crippen molar-refractivity contribution in [3.8, 4) is 0 Å². The highest BCUT2D eigenvalue weighted by Gasteiger charge is 2.33. The predicted octanol–water partition coefficient (Wildman–Crippen LogP) is 0.0552. The fraction of sp³-hybridized carbons (Fsp3) is 0.500. The number of H-pyrrole nitrogens is 1. The minimum Gasteiger partial charge on any atom is -0.369 e. The van der Waals surface area contributed by atoms with Crippen LogP contribution in [0.2, 0.25) is 0 Å². The topological polar surface area (TPSA) is 83.8 Å². The molecule has 0 bridgehead atoms. The third kappa shape index (κ3) is 1.07. The van der Waals surface area contributed by atoms with Gasteiger partial charge in [-0.15, -0.1) is 0 Å². The average Bonchev–Trinajstić information content (AvgIpc) is 2.26. The molecule has 0 radical (unpaired) electrons. The van der Waals surface area contributed by atoms with Gasteiger partial charge in [0, 0.05) is 12.0 Å². The first-order valence-corrected chi connectivity index (χ1v) is 4.15. The molecule has 0 aliphatic carbocycles. The lowest BCUT2D eigenvalue weighted by atomic mass is 9.89. The van der Waals surface area contributed by atoms with Crippen molar-refractivity contribution in [2.24, 2.45) is 0 Å². The molecule has 13 heavy (non-hydrogen) atoms. The summed E-state index contributed by atoms with van der Waals surface area (Å²) in [7, 11) is 0. The van der Waals surface area contributed by atoms with Crippen LogP contribution in [0.25, 0.3) is 0 Å². The number of rotatable bonds is 0. The third-order valence-corrected chi connectivity index (χ3v) is 2.31. The maximum absolute atomic E-state index is 11.5. The number of nitrogens with two attached hydrogens (primary N) is 1. The normalized spacial score (nSPS) is 18.0. The summed E-state index contributed by atoms with van der Waals surface area (Å²) in [6.07, 6.45) is 0. The molecule has 2 rings (SSSR count). The predicted molar refractivity (Wildman–Crippen MR) is 50.8 cm³/mol. The molecular formula is C8H12N4O. The summed E-state index contributed by atoms with van der Waals surface area (Å²) in [5, 5.41) is 3.06. The van der Waals surface area contributed by atoms with Gasteiger partial charge in [0.05, 0.1) is 5.56 Å². The number of aromatic amines is 1. The molecule has 70 valence electrons. The molecule has 0 amide bonds. The summed E-state index contributed by atoms with van der Waals surface area (Å²) < 4.78 is 0. The number of hydrogen-bond acceptors (Lipinski definition) is 4. The second-order valence-electron chi connectivity index (χ2n) is 3.91. The van der Waals surface area contributed by atoms with Crippen LogP contribution in [0.1, 0.15) is 19.4 Å². The summed E-state index contributed by atoms with van der Waals surface area (Å²) in [4.78, 5) is 18.1. The Morgan fingerprint density at radius 2 is 2.23 bits per heavy atom. The maximum atomic E-state index is 11.5. The van der Waals surface area contributed by atoms with Crippen molar-refractivity contribution in [2.45, 2.75) is 19.3 Å². The van der Waals surface area contributed by atoms with E-state index in [2.05, 4.69) is 15.3 Å². The summed E-state index contributed by atoms with van der Waals surface area (Å²) in [6, 6.07) is 0. The molecule has 0 aromatic carbocycles. The molecule has 1 aliphatic rings. The van der Waals surface area contributed by atoms with Gasteiger partial charge in [-0.2, -0.15) is 4.98 Å². The van der Waals surface area contributed by atoms with Gasteiger partial charge in [0.25, 0.3) is 5.56 Å². The number of fused-ring (bicyclic) bond motifs is 1. The number of anilines is 2. The first-order valence-electron chi connectivity index (χ1n) is 4.15. The number of aromatic nitrogens is 2. The van der Waals surface area contributed by atoms with Gasteiger partial charge in [-0.25, -0.2) is 0 Å². The van der Waals surface area contributed by atoms with Gasteiger partial charge in [-0.05, 0) is 0 Å². The van der Waals surface area contributed by atoms with Gasteiger partial charge >= 0.3 is 0 Å². The monoisotopic (exact) mass is 180 g/mol. The van der Waals surface area contributed by atoms with Crippen LogP contribution in [-0.2, 0) is 5.41 Å². The summed E-state index contributed by atoms with van der Waals surface area (Å²) >= 11 is 0. The Labute approximate surface area is 75.4 Å². The molecular weight excluding hydrogens is 168 g/mol. The third-order valence-electron chi connectivity index (χ3n) is 2.31. The highest BCUT2D eigenvalue weighted by atomic mass is 16.1. The molecule has 0 unspecified atom stereocenters. The van der Waals surface area contributed by atoms with E-state index in [0.717, 1.165) is 6.54 Å². The SMILES string of the molecule is CC1(C)CNc2nc(N)[nH]c(=O)c21. The standard InChI is InChI=1S/C8H12N4O/c1-8(2)3-10-5-4(8)6(13)12-7(9)11-5/h3H2,1-2H3,(H4,9,10,11,12,13). The Balaban J connectivity index is 2.73. The fourth-order valence-corrected chi connectivity index (χ4v) is 1.64. The molecule has 4 N–H and O–H groups in total. The highest BCUT2D eigenvalue weighted by Crippen LogP contribution is 2.31. The van der Waals surface area contributed by atoms with Crippen LogP contribution in [0.15, 0.2) is 4.79 Å². The van der Waals surface area contributed by atoms with Gasteiger partial charge < -0.3 is 11.1 Å². The largest absolute Gasteiger partial charge is 0.369 e. The lowest BCUT2D eigenvalue weighted by Crippen LogP contribution is -2.27. The lowest BCUT2D eigenvalue weighted by Gasteiger charge is -2.14. The van der Waals surface area contributed by atoms with E-state index in [9.17, 15) is 4.79 Å². The quantitative estimate of drug-likeness (QED) is 0.527. The Morgan fingerprint density at radius 1 is 1.54 bits per heavy atom. The highest BCUT2D eigenvalue weighted by molar-refractivity contribution is 5.55. The van der Waals surface area contributed by atoms with E-state index in [1.165, 1.54) is 0 Å². The van der Waals surface area contributed by atoms with E-state index in [1.807, 2.05) is 13.8 Å². The van der Waals surface area contributed by atoms with Crippen molar-refractivity contribution in [1.82, 2.24) is 9.97 Å². The molecule has 0 saturated carbocycles. The van der Waals surface area contributed by atoms with Gasteiger partial charge in [0.15, 0.2) is 0 Å².